The van der Waals surface area contributed by atoms with Crippen LogP contribution in [0.3, 0.4) is 0 Å². The summed E-state index contributed by atoms with van der Waals surface area (Å²) in [5.74, 6) is 0. The fraction of sp³-hybridized carbons (Fsp3) is 0.625. The lowest BCUT2D eigenvalue weighted by molar-refractivity contribution is 0.140. The first-order valence-electron chi connectivity index (χ1n) is 14.7. The van der Waals surface area contributed by atoms with Crippen LogP contribution >= 0.6 is 0 Å². The minimum atomic E-state index is 0.616. The van der Waals surface area contributed by atoms with Gasteiger partial charge >= 0.3 is 0 Å². The van der Waals surface area contributed by atoms with Crippen LogP contribution in [0.4, 0.5) is 22.7 Å². The van der Waals surface area contributed by atoms with Crippen molar-refractivity contribution < 1.29 is 4.74 Å². The molecule has 0 atom stereocenters. The monoisotopic (exact) mass is 506 g/mol. The lowest BCUT2D eigenvalue weighted by Crippen LogP contribution is -2.22. The van der Waals surface area contributed by atoms with E-state index in [9.17, 15) is 0 Å². The van der Waals surface area contributed by atoms with Crippen LogP contribution in [-0.4, -0.2) is 53.5 Å². The van der Waals surface area contributed by atoms with Crippen molar-refractivity contribution in [2.24, 2.45) is 0 Å². The molecule has 0 radical (unpaired) electrons. The Morgan fingerprint density at radius 2 is 1.00 bits per heavy atom. The first-order chi connectivity index (χ1) is 18.0. The molecule has 0 unspecified atom stereocenters. The fourth-order valence-corrected chi connectivity index (χ4v) is 5.77. The van der Waals surface area contributed by atoms with E-state index in [0.717, 1.165) is 26.1 Å². The largest absolute Gasteiger partial charge is 0.382 e. The summed E-state index contributed by atoms with van der Waals surface area (Å²) in [7, 11) is 8.50. The Balaban J connectivity index is 1.30. The van der Waals surface area contributed by atoms with Crippen LogP contribution in [0.15, 0.2) is 36.4 Å². The topological polar surface area (TPSA) is 39.8 Å². The van der Waals surface area contributed by atoms with E-state index >= 15 is 0 Å². The van der Waals surface area contributed by atoms with Gasteiger partial charge in [0.2, 0.25) is 0 Å². The molecule has 0 amide bonds. The molecule has 204 valence electrons. The predicted octanol–water partition coefficient (Wildman–Crippen LogP) is 7.11. The second-order valence-electron chi connectivity index (χ2n) is 11.6. The molecule has 5 nitrogen and oxygen atoms in total. The van der Waals surface area contributed by atoms with Gasteiger partial charge in [0.25, 0.3) is 0 Å². The maximum absolute atomic E-state index is 6.15. The van der Waals surface area contributed by atoms with Crippen molar-refractivity contribution in [3.63, 3.8) is 0 Å². The maximum atomic E-state index is 6.15. The van der Waals surface area contributed by atoms with Crippen LogP contribution in [0.2, 0.25) is 0 Å². The van der Waals surface area contributed by atoms with Gasteiger partial charge in [-0.25, -0.2) is 0 Å². The molecule has 2 aromatic rings. The van der Waals surface area contributed by atoms with Crippen LogP contribution in [0.5, 0.6) is 0 Å². The third-order valence-corrected chi connectivity index (χ3v) is 8.01. The highest BCUT2D eigenvalue weighted by molar-refractivity contribution is 5.61. The standard InChI is InChI=1S/C32H50N4O/c1-35(2)31-21-25(19-29(23-31)33-27-11-7-5-8-12-27)15-17-37-18-16-26-20-30(24-32(22-26)36(3)4)34-28-13-9-6-10-14-28/h19-24,27-28,33-34H,5-18H2,1-4H3. The highest BCUT2D eigenvalue weighted by Gasteiger charge is 2.15. The van der Waals surface area contributed by atoms with E-state index in [-0.39, 0.29) is 0 Å². The van der Waals surface area contributed by atoms with Gasteiger partial charge in [-0.3, -0.25) is 0 Å². The lowest BCUT2D eigenvalue weighted by atomic mass is 9.95. The smallest absolute Gasteiger partial charge is 0.0506 e. The third kappa shape index (κ3) is 8.84. The molecule has 0 saturated heterocycles. The molecule has 2 aliphatic rings. The number of nitrogens with zero attached hydrogens (tertiary/aromatic N) is 2. The lowest BCUT2D eigenvalue weighted by Gasteiger charge is -2.25. The van der Waals surface area contributed by atoms with Gasteiger partial charge in [-0.15, -0.1) is 0 Å². The molecule has 37 heavy (non-hydrogen) atoms. The highest BCUT2D eigenvalue weighted by atomic mass is 16.5. The number of rotatable bonds is 12. The molecule has 0 heterocycles. The van der Waals surface area contributed by atoms with E-state index in [2.05, 4.69) is 85.0 Å². The molecule has 2 aromatic carbocycles. The summed E-state index contributed by atoms with van der Waals surface area (Å²) < 4.78 is 6.15. The Hall–Kier alpha value is -2.40. The summed E-state index contributed by atoms with van der Waals surface area (Å²) in [5.41, 5.74) is 7.72. The van der Waals surface area contributed by atoms with E-state index in [0.29, 0.717) is 12.1 Å². The minimum absolute atomic E-state index is 0.616. The zero-order chi connectivity index (χ0) is 26.0. The summed E-state index contributed by atoms with van der Waals surface area (Å²) in [4.78, 5) is 4.40. The van der Waals surface area contributed by atoms with Crippen molar-refractivity contribution in [1.29, 1.82) is 0 Å². The second kappa shape index (κ2) is 13.9. The van der Waals surface area contributed by atoms with E-state index in [4.69, 9.17) is 4.74 Å². The van der Waals surface area contributed by atoms with Crippen LogP contribution in [0.1, 0.15) is 75.3 Å². The quantitative estimate of drug-likeness (QED) is 0.300. The van der Waals surface area contributed by atoms with Crippen LogP contribution in [0.25, 0.3) is 0 Å². The molecular weight excluding hydrogens is 456 g/mol. The summed E-state index contributed by atoms with van der Waals surface area (Å²) in [6.45, 7) is 1.50. The number of anilines is 4. The van der Waals surface area contributed by atoms with E-state index in [1.165, 1.54) is 98.1 Å². The summed E-state index contributed by atoms with van der Waals surface area (Å²) in [6, 6.07) is 15.1. The van der Waals surface area contributed by atoms with Gasteiger partial charge in [0.1, 0.15) is 0 Å². The summed E-state index contributed by atoms with van der Waals surface area (Å²) in [5, 5.41) is 7.62. The molecule has 0 aliphatic heterocycles. The van der Waals surface area contributed by atoms with Crippen molar-refractivity contribution in [1.82, 2.24) is 0 Å². The van der Waals surface area contributed by atoms with Crippen molar-refractivity contribution in [3.05, 3.63) is 47.5 Å². The molecule has 2 aliphatic carbocycles. The van der Waals surface area contributed by atoms with Gasteiger partial charge in [-0.05, 0) is 86.1 Å². The van der Waals surface area contributed by atoms with Crippen LogP contribution < -0.4 is 20.4 Å². The number of nitrogens with one attached hydrogen (secondary N) is 2. The van der Waals surface area contributed by atoms with E-state index in [1.807, 2.05) is 0 Å². The molecule has 2 fully saturated rings. The Morgan fingerprint density at radius 1 is 0.595 bits per heavy atom. The van der Waals surface area contributed by atoms with E-state index < -0.39 is 0 Å². The molecule has 0 bridgehead atoms. The number of benzene rings is 2. The van der Waals surface area contributed by atoms with Crippen LogP contribution in [0, 0.1) is 0 Å². The SMILES string of the molecule is CN(C)c1cc(CCOCCc2cc(NC3CCCCC3)cc(N(C)C)c2)cc(NC2CCCCC2)c1. The molecule has 5 heteroatoms. The zero-order valence-electron chi connectivity index (χ0n) is 23.8. The van der Waals surface area contributed by atoms with Crippen molar-refractivity contribution in [2.45, 2.75) is 89.1 Å². The summed E-state index contributed by atoms with van der Waals surface area (Å²) in [6.07, 6.45) is 15.2. The molecule has 0 aromatic heterocycles. The van der Waals surface area contributed by atoms with Gasteiger partial charge < -0.3 is 25.2 Å². The van der Waals surface area contributed by atoms with Gasteiger partial charge in [-0.2, -0.15) is 0 Å². The van der Waals surface area contributed by atoms with Crippen molar-refractivity contribution in [2.75, 3.05) is 61.8 Å². The van der Waals surface area contributed by atoms with Crippen LogP contribution in [-0.2, 0) is 17.6 Å². The number of hydrogen-bond acceptors (Lipinski definition) is 5. The van der Waals surface area contributed by atoms with Gasteiger partial charge in [0, 0.05) is 63.0 Å². The summed E-state index contributed by atoms with van der Waals surface area (Å²) >= 11 is 0. The Kier molecular flexibility index (Phi) is 10.4. The van der Waals surface area contributed by atoms with Gasteiger partial charge in [0.15, 0.2) is 0 Å². The predicted molar refractivity (Wildman–Crippen MR) is 161 cm³/mol. The molecule has 4 rings (SSSR count). The average Bonchev–Trinajstić information content (AvgIpc) is 2.89. The zero-order valence-corrected chi connectivity index (χ0v) is 23.8. The Bertz CT molecular complexity index is 884. The second-order valence-corrected chi connectivity index (χ2v) is 11.6. The number of hydrogen-bond donors (Lipinski definition) is 2. The molecule has 0 spiro atoms. The first-order valence-corrected chi connectivity index (χ1v) is 14.7. The molecule has 2 saturated carbocycles. The Morgan fingerprint density at radius 3 is 1.38 bits per heavy atom. The number of ether oxygens (including phenoxy) is 1. The van der Waals surface area contributed by atoms with Gasteiger partial charge in [0.05, 0.1) is 13.2 Å². The highest BCUT2D eigenvalue weighted by Crippen LogP contribution is 2.27. The first kappa shape index (κ1) is 27.6. The van der Waals surface area contributed by atoms with Gasteiger partial charge in [-0.1, -0.05) is 38.5 Å². The van der Waals surface area contributed by atoms with Crippen molar-refractivity contribution in [3.8, 4) is 0 Å². The maximum Gasteiger partial charge on any atom is 0.0506 e. The third-order valence-electron chi connectivity index (χ3n) is 8.01. The molecule has 2 N–H and O–H groups in total. The fourth-order valence-electron chi connectivity index (χ4n) is 5.77. The average molecular weight is 507 g/mol. The van der Waals surface area contributed by atoms with Crippen molar-refractivity contribution >= 4 is 22.7 Å². The minimum Gasteiger partial charge on any atom is -0.382 e. The molecular formula is C32H50N4O. The normalized spacial score (nSPS) is 17.0. The Labute approximate surface area is 226 Å². The van der Waals surface area contributed by atoms with E-state index in [1.54, 1.807) is 0 Å².